The van der Waals surface area contributed by atoms with E-state index < -0.39 is 27.5 Å². The Morgan fingerprint density at radius 1 is 1.19 bits per heavy atom. The highest BCUT2D eigenvalue weighted by molar-refractivity contribution is 7.89. The van der Waals surface area contributed by atoms with Gasteiger partial charge in [-0.15, -0.1) is 11.3 Å². The highest BCUT2D eigenvalue weighted by atomic mass is 32.2. The fourth-order valence-electron chi connectivity index (χ4n) is 3.62. The van der Waals surface area contributed by atoms with Gasteiger partial charge >= 0.3 is 5.97 Å². The lowest BCUT2D eigenvalue weighted by molar-refractivity contribution is -0.116. The predicted molar refractivity (Wildman–Crippen MR) is 122 cm³/mol. The molecule has 2 aromatic heterocycles. The maximum absolute atomic E-state index is 12.8. The summed E-state index contributed by atoms with van der Waals surface area (Å²) in [7, 11) is -3.72. The van der Waals surface area contributed by atoms with Crippen molar-refractivity contribution in [3.05, 3.63) is 44.7 Å². The molecule has 1 fully saturated rings. The predicted octanol–water partition coefficient (Wildman–Crippen LogP) is 2.38. The van der Waals surface area contributed by atoms with E-state index in [1.165, 1.54) is 27.9 Å². The van der Waals surface area contributed by atoms with Gasteiger partial charge in [-0.05, 0) is 44.7 Å². The first-order valence-corrected chi connectivity index (χ1v) is 12.7. The highest BCUT2D eigenvalue weighted by Crippen LogP contribution is 2.34. The van der Waals surface area contributed by atoms with Crippen LogP contribution in [0.15, 0.2) is 28.0 Å². The summed E-state index contributed by atoms with van der Waals surface area (Å²) in [5, 5.41) is 3.05. The molecule has 2 aromatic rings. The molecular formula is C21H27N3O6S2. The first-order valence-electron chi connectivity index (χ1n) is 10.5. The number of anilines is 1. The van der Waals surface area contributed by atoms with Gasteiger partial charge in [0, 0.05) is 30.2 Å². The molecule has 1 aliphatic heterocycles. The van der Waals surface area contributed by atoms with Crippen LogP contribution in [-0.4, -0.2) is 48.9 Å². The average molecular weight is 482 g/mol. The monoisotopic (exact) mass is 481 g/mol. The summed E-state index contributed by atoms with van der Waals surface area (Å²) in [6, 6.07) is 2.41. The van der Waals surface area contributed by atoms with Crippen LogP contribution >= 0.6 is 11.3 Å². The lowest BCUT2D eigenvalue weighted by Crippen LogP contribution is -2.31. The molecule has 1 amide bonds. The number of hydrogen-bond acceptors (Lipinski definition) is 7. The fourth-order valence-corrected chi connectivity index (χ4v) is 6.31. The Morgan fingerprint density at radius 2 is 1.88 bits per heavy atom. The van der Waals surface area contributed by atoms with Gasteiger partial charge in [0.1, 0.15) is 11.5 Å². The van der Waals surface area contributed by atoms with Crippen molar-refractivity contribution in [3.63, 3.8) is 0 Å². The van der Waals surface area contributed by atoms with Crippen molar-refractivity contribution in [2.75, 3.05) is 25.0 Å². The maximum Gasteiger partial charge on any atom is 0.341 e. The number of sulfonamides is 1. The summed E-state index contributed by atoms with van der Waals surface area (Å²) in [6.07, 6.45) is 3.47. The Balaban J connectivity index is 1.84. The molecule has 0 spiro atoms. The summed E-state index contributed by atoms with van der Waals surface area (Å²) < 4.78 is 33.1. The van der Waals surface area contributed by atoms with Crippen molar-refractivity contribution < 1.29 is 22.7 Å². The number of carbonyl (C=O) groups excluding carboxylic acids is 2. The number of nitrogens with one attached hydrogen (secondary N) is 1. The number of hydrogen-bond donors (Lipinski definition) is 1. The minimum absolute atomic E-state index is 0.0285. The summed E-state index contributed by atoms with van der Waals surface area (Å²) >= 11 is 1.28. The standard InChI is InChI=1S/C21H27N3O6S2/c1-4-16-14(3)19(21(27)30-5-2)20(31-16)22-17(25)13-23-12-15(8-9-18(23)26)32(28,29)24-10-6-7-11-24/h8-9,12H,4-7,10-11,13H2,1-3H3,(H,22,25). The normalized spacial score (nSPS) is 14.5. The van der Waals surface area contributed by atoms with Gasteiger partial charge in [-0.25, -0.2) is 13.2 Å². The van der Waals surface area contributed by atoms with Gasteiger partial charge in [-0.2, -0.15) is 4.31 Å². The van der Waals surface area contributed by atoms with Crippen LogP contribution in [0.25, 0.3) is 0 Å². The molecule has 0 atom stereocenters. The number of thiophene rings is 1. The number of pyridine rings is 1. The van der Waals surface area contributed by atoms with E-state index in [2.05, 4.69) is 5.32 Å². The summed E-state index contributed by atoms with van der Waals surface area (Å²) in [5.41, 5.74) is 0.560. The summed E-state index contributed by atoms with van der Waals surface area (Å²) in [4.78, 5) is 38.3. The third-order valence-electron chi connectivity index (χ3n) is 5.27. The SMILES string of the molecule is CCOC(=O)c1c(NC(=O)Cn2cc(S(=O)(=O)N3CCCC3)ccc2=O)sc(CC)c1C. The van der Waals surface area contributed by atoms with Crippen LogP contribution in [0, 0.1) is 6.92 Å². The van der Waals surface area contributed by atoms with E-state index >= 15 is 0 Å². The summed E-state index contributed by atoms with van der Waals surface area (Å²) in [5.74, 6) is -1.07. The minimum atomic E-state index is -3.72. The van der Waals surface area contributed by atoms with Crippen LogP contribution < -0.4 is 10.9 Å². The van der Waals surface area contributed by atoms with Gasteiger partial charge in [0.2, 0.25) is 15.9 Å². The molecule has 32 heavy (non-hydrogen) atoms. The Morgan fingerprint density at radius 3 is 2.50 bits per heavy atom. The zero-order valence-corrected chi connectivity index (χ0v) is 20.0. The van der Waals surface area contributed by atoms with Crippen molar-refractivity contribution in [2.24, 2.45) is 0 Å². The van der Waals surface area contributed by atoms with Crippen molar-refractivity contribution in [1.29, 1.82) is 0 Å². The third kappa shape index (κ3) is 4.94. The molecule has 3 rings (SSSR count). The fraction of sp³-hybridized carbons (Fsp3) is 0.476. The molecular weight excluding hydrogens is 454 g/mol. The lowest BCUT2D eigenvalue weighted by atomic mass is 10.1. The van der Waals surface area contributed by atoms with Gasteiger partial charge in [0.15, 0.2) is 0 Å². The lowest BCUT2D eigenvalue weighted by Gasteiger charge is -2.16. The second-order valence-corrected chi connectivity index (χ2v) is 10.5. The Kier molecular flexibility index (Phi) is 7.52. The summed E-state index contributed by atoms with van der Waals surface area (Å²) in [6.45, 7) is 6.15. The van der Waals surface area contributed by atoms with Crippen LogP contribution in [0.4, 0.5) is 5.00 Å². The molecule has 0 radical (unpaired) electrons. The molecule has 1 saturated heterocycles. The molecule has 9 nitrogen and oxygen atoms in total. The number of amides is 1. The van der Waals surface area contributed by atoms with Gasteiger partial charge in [-0.3, -0.25) is 9.59 Å². The highest BCUT2D eigenvalue weighted by Gasteiger charge is 2.28. The van der Waals surface area contributed by atoms with E-state index in [4.69, 9.17) is 4.74 Å². The zero-order valence-electron chi connectivity index (χ0n) is 18.3. The Bertz CT molecular complexity index is 1180. The number of ether oxygens (including phenoxy) is 1. The van der Waals surface area contributed by atoms with E-state index in [1.54, 1.807) is 13.8 Å². The molecule has 1 aliphatic rings. The molecule has 11 heteroatoms. The maximum atomic E-state index is 12.8. The molecule has 0 aliphatic carbocycles. The van der Waals surface area contributed by atoms with Gasteiger partial charge < -0.3 is 14.6 Å². The van der Waals surface area contributed by atoms with Crippen molar-refractivity contribution in [1.82, 2.24) is 8.87 Å². The largest absolute Gasteiger partial charge is 0.462 e. The van der Waals surface area contributed by atoms with E-state index in [0.29, 0.717) is 30.1 Å². The number of rotatable bonds is 8. The van der Waals surface area contributed by atoms with Crippen LogP contribution in [-0.2, 0) is 32.5 Å². The smallest absolute Gasteiger partial charge is 0.341 e. The van der Waals surface area contributed by atoms with Gasteiger partial charge in [0.25, 0.3) is 5.56 Å². The zero-order chi connectivity index (χ0) is 23.5. The van der Waals surface area contributed by atoms with Crippen molar-refractivity contribution in [2.45, 2.75) is 51.5 Å². The quantitative estimate of drug-likeness (QED) is 0.579. The average Bonchev–Trinajstić information content (AvgIpc) is 3.38. The number of esters is 1. The number of aryl methyl sites for hydroxylation is 1. The van der Waals surface area contributed by atoms with Crippen molar-refractivity contribution >= 4 is 38.2 Å². The molecule has 0 unspecified atom stereocenters. The number of nitrogens with zero attached hydrogens (tertiary/aromatic N) is 2. The number of carbonyl (C=O) groups is 2. The third-order valence-corrected chi connectivity index (χ3v) is 8.51. The van der Waals surface area contributed by atoms with Gasteiger partial charge in [-0.1, -0.05) is 6.92 Å². The Labute approximate surface area is 191 Å². The van der Waals surface area contributed by atoms with Crippen LogP contribution in [0.1, 0.15) is 47.5 Å². The van der Waals surface area contributed by atoms with Crippen LogP contribution in [0.2, 0.25) is 0 Å². The first-order chi connectivity index (χ1) is 15.2. The second kappa shape index (κ2) is 9.97. The van der Waals surface area contributed by atoms with E-state index in [1.807, 2.05) is 6.92 Å². The second-order valence-electron chi connectivity index (χ2n) is 7.42. The van der Waals surface area contributed by atoms with Crippen LogP contribution in [0.5, 0.6) is 0 Å². The minimum Gasteiger partial charge on any atom is -0.462 e. The first kappa shape index (κ1) is 24.1. The van der Waals surface area contributed by atoms with Crippen LogP contribution in [0.3, 0.4) is 0 Å². The van der Waals surface area contributed by atoms with E-state index in [-0.39, 0.29) is 18.0 Å². The molecule has 3 heterocycles. The van der Waals surface area contributed by atoms with E-state index in [0.717, 1.165) is 33.9 Å². The topological polar surface area (TPSA) is 115 Å². The molecule has 0 aromatic carbocycles. The van der Waals surface area contributed by atoms with Crippen molar-refractivity contribution in [3.8, 4) is 0 Å². The Hall–Kier alpha value is -2.50. The molecule has 0 bridgehead atoms. The molecule has 1 N–H and O–H groups in total. The molecule has 174 valence electrons. The molecule has 0 saturated carbocycles. The number of aromatic nitrogens is 1. The van der Waals surface area contributed by atoms with E-state index in [9.17, 15) is 22.8 Å². The van der Waals surface area contributed by atoms with Gasteiger partial charge in [0.05, 0.1) is 17.1 Å².